The molecule has 1 aliphatic rings. The lowest BCUT2D eigenvalue weighted by atomic mass is 9.99. The molecule has 21 heavy (non-hydrogen) atoms. The van der Waals surface area contributed by atoms with Gasteiger partial charge in [0.1, 0.15) is 5.75 Å². The van der Waals surface area contributed by atoms with Gasteiger partial charge in [0.2, 0.25) is 10.0 Å². The summed E-state index contributed by atoms with van der Waals surface area (Å²) in [5.41, 5.74) is 5.74. The van der Waals surface area contributed by atoms with Crippen molar-refractivity contribution < 1.29 is 13.2 Å². The van der Waals surface area contributed by atoms with Gasteiger partial charge in [-0.1, -0.05) is 24.4 Å². The highest BCUT2D eigenvalue weighted by Gasteiger charge is 2.28. The minimum absolute atomic E-state index is 0.129. The summed E-state index contributed by atoms with van der Waals surface area (Å²) in [7, 11) is -2.14. The second kappa shape index (κ2) is 6.96. The third kappa shape index (κ3) is 3.88. The van der Waals surface area contributed by atoms with E-state index in [4.69, 9.17) is 22.1 Å². The Hall–Kier alpha value is -0.820. The summed E-state index contributed by atoms with van der Waals surface area (Å²) in [6, 6.07) is 4.20. The molecule has 118 valence electrons. The first kappa shape index (κ1) is 16.5. The van der Waals surface area contributed by atoms with E-state index in [2.05, 4.69) is 4.72 Å². The van der Waals surface area contributed by atoms with Crippen LogP contribution < -0.4 is 15.2 Å². The maximum Gasteiger partial charge on any atom is 0.240 e. The molecule has 1 aromatic rings. The molecule has 1 atom stereocenters. The Bertz CT molecular complexity index is 586. The second-order valence-corrected chi connectivity index (χ2v) is 7.43. The number of nitrogens with two attached hydrogens (primary N) is 1. The number of sulfonamides is 1. The lowest BCUT2D eigenvalue weighted by molar-refractivity contribution is 0.405. The van der Waals surface area contributed by atoms with Crippen molar-refractivity contribution in [1.82, 2.24) is 4.72 Å². The number of nitrogens with one attached hydrogen (secondary N) is 1. The molecule has 0 saturated heterocycles. The zero-order chi connectivity index (χ0) is 15.5. The maximum absolute atomic E-state index is 12.4. The van der Waals surface area contributed by atoms with Crippen molar-refractivity contribution in [1.29, 1.82) is 0 Å². The van der Waals surface area contributed by atoms with Crippen LogP contribution in [0.2, 0.25) is 5.02 Å². The SMILES string of the molecule is COc1ccc(S(=O)(=O)NC(CN)C2CCCC2)cc1Cl. The van der Waals surface area contributed by atoms with E-state index in [9.17, 15) is 8.42 Å². The van der Waals surface area contributed by atoms with Crippen LogP contribution in [0.1, 0.15) is 25.7 Å². The molecule has 0 radical (unpaired) electrons. The van der Waals surface area contributed by atoms with Crippen molar-refractivity contribution in [2.45, 2.75) is 36.6 Å². The van der Waals surface area contributed by atoms with Gasteiger partial charge < -0.3 is 10.5 Å². The number of hydrogen-bond donors (Lipinski definition) is 2. The standard InChI is InChI=1S/C14H21ClN2O3S/c1-20-14-7-6-11(8-12(14)15)21(18,19)17-13(9-16)10-4-2-3-5-10/h6-8,10,13,17H,2-5,9,16H2,1H3. The van der Waals surface area contributed by atoms with Crippen LogP contribution in [0.4, 0.5) is 0 Å². The molecule has 0 amide bonds. The molecule has 0 aliphatic heterocycles. The van der Waals surface area contributed by atoms with E-state index in [0.29, 0.717) is 18.2 Å². The highest BCUT2D eigenvalue weighted by Crippen LogP contribution is 2.30. The Kier molecular flexibility index (Phi) is 5.48. The first-order chi connectivity index (χ1) is 9.97. The van der Waals surface area contributed by atoms with E-state index in [1.54, 1.807) is 6.07 Å². The predicted molar refractivity (Wildman–Crippen MR) is 83.1 cm³/mol. The molecule has 7 heteroatoms. The smallest absolute Gasteiger partial charge is 0.240 e. The van der Waals surface area contributed by atoms with Gasteiger partial charge in [-0.05, 0) is 37.0 Å². The molecule has 2 rings (SSSR count). The topological polar surface area (TPSA) is 81.4 Å². The first-order valence-electron chi connectivity index (χ1n) is 7.04. The molecule has 0 spiro atoms. The summed E-state index contributed by atoms with van der Waals surface area (Å²) in [6.07, 6.45) is 4.32. The number of rotatable bonds is 6. The fraction of sp³-hybridized carbons (Fsp3) is 0.571. The van der Waals surface area contributed by atoms with Gasteiger partial charge in [0, 0.05) is 12.6 Å². The molecule has 5 nitrogen and oxygen atoms in total. The van der Waals surface area contributed by atoms with E-state index < -0.39 is 10.0 Å². The van der Waals surface area contributed by atoms with Gasteiger partial charge >= 0.3 is 0 Å². The van der Waals surface area contributed by atoms with Crippen LogP contribution in [0.25, 0.3) is 0 Å². The normalized spacial score (nSPS) is 17.9. The van der Waals surface area contributed by atoms with E-state index in [1.165, 1.54) is 19.2 Å². The van der Waals surface area contributed by atoms with Crippen LogP contribution in [0, 0.1) is 5.92 Å². The van der Waals surface area contributed by atoms with Crippen molar-refractivity contribution in [3.8, 4) is 5.75 Å². The zero-order valence-corrected chi connectivity index (χ0v) is 13.6. The molecule has 1 aromatic carbocycles. The highest BCUT2D eigenvalue weighted by molar-refractivity contribution is 7.89. The Balaban J connectivity index is 2.18. The quantitative estimate of drug-likeness (QED) is 0.836. The van der Waals surface area contributed by atoms with E-state index in [1.807, 2.05) is 0 Å². The van der Waals surface area contributed by atoms with Crippen molar-refractivity contribution in [3.63, 3.8) is 0 Å². The zero-order valence-electron chi connectivity index (χ0n) is 12.0. The fourth-order valence-corrected chi connectivity index (χ4v) is 4.44. The maximum atomic E-state index is 12.4. The molecule has 0 aromatic heterocycles. The lowest BCUT2D eigenvalue weighted by Gasteiger charge is -2.23. The molecular weight excluding hydrogens is 312 g/mol. The molecule has 3 N–H and O–H groups in total. The molecule has 1 fully saturated rings. The minimum atomic E-state index is -3.63. The van der Waals surface area contributed by atoms with Crippen molar-refractivity contribution in [2.75, 3.05) is 13.7 Å². The summed E-state index contributed by atoms with van der Waals surface area (Å²) in [4.78, 5) is 0.129. The minimum Gasteiger partial charge on any atom is -0.495 e. The van der Waals surface area contributed by atoms with Crippen LogP contribution in [-0.4, -0.2) is 28.1 Å². The summed E-state index contributed by atoms with van der Waals surface area (Å²) < 4.78 is 32.6. The van der Waals surface area contributed by atoms with Gasteiger partial charge in [0.05, 0.1) is 17.0 Å². The van der Waals surface area contributed by atoms with E-state index >= 15 is 0 Å². The van der Waals surface area contributed by atoms with Gasteiger partial charge in [0.15, 0.2) is 0 Å². The van der Waals surface area contributed by atoms with Crippen LogP contribution >= 0.6 is 11.6 Å². The molecular formula is C14H21ClN2O3S. The number of hydrogen-bond acceptors (Lipinski definition) is 4. The van der Waals surface area contributed by atoms with Crippen LogP contribution in [0.3, 0.4) is 0 Å². The van der Waals surface area contributed by atoms with Crippen LogP contribution in [0.5, 0.6) is 5.75 Å². The molecule has 0 heterocycles. The van der Waals surface area contributed by atoms with Gasteiger partial charge in [-0.3, -0.25) is 0 Å². The first-order valence-corrected chi connectivity index (χ1v) is 8.90. The van der Waals surface area contributed by atoms with Gasteiger partial charge in [0.25, 0.3) is 0 Å². The largest absolute Gasteiger partial charge is 0.495 e. The summed E-state index contributed by atoms with van der Waals surface area (Å²) in [5, 5.41) is 0.269. The molecule has 1 aliphatic carbocycles. The Morgan fingerprint density at radius 1 is 1.43 bits per heavy atom. The highest BCUT2D eigenvalue weighted by atomic mass is 35.5. The summed E-state index contributed by atoms with van der Waals surface area (Å²) >= 11 is 5.99. The average molecular weight is 333 g/mol. The Labute approximate surface area is 130 Å². The number of halogens is 1. The van der Waals surface area contributed by atoms with E-state index in [0.717, 1.165) is 25.7 Å². The van der Waals surface area contributed by atoms with Gasteiger partial charge in [-0.15, -0.1) is 0 Å². The van der Waals surface area contributed by atoms with E-state index in [-0.39, 0.29) is 16.0 Å². The number of ether oxygens (including phenoxy) is 1. The Morgan fingerprint density at radius 2 is 2.10 bits per heavy atom. The summed E-state index contributed by atoms with van der Waals surface area (Å²) in [6.45, 7) is 0.299. The number of benzene rings is 1. The van der Waals surface area contributed by atoms with Crippen molar-refractivity contribution in [3.05, 3.63) is 23.2 Å². The lowest BCUT2D eigenvalue weighted by Crippen LogP contribution is -2.44. The van der Waals surface area contributed by atoms with Crippen LogP contribution in [0.15, 0.2) is 23.1 Å². The Morgan fingerprint density at radius 3 is 2.62 bits per heavy atom. The third-order valence-corrected chi connectivity index (χ3v) is 5.75. The fourth-order valence-electron chi connectivity index (χ4n) is 2.78. The average Bonchev–Trinajstić information content (AvgIpc) is 2.98. The molecule has 0 bridgehead atoms. The van der Waals surface area contributed by atoms with Crippen LogP contribution in [-0.2, 0) is 10.0 Å². The molecule has 1 unspecified atom stereocenters. The van der Waals surface area contributed by atoms with Gasteiger partial charge in [-0.2, -0.15) is 0 Å². The molecule has 1 saturated carbocycles. The van der Waals surface area contributed by atoms with Gasteiger partial charge in [-0.25, -0.2) is 13.1 Å². The monoisotopic (exact) mass is 332 g/mol. The number of methoxy groups -OCH3 is 1. The predicted octanol–water partition coefficient (Wildman–Crippen LogP) is 2.14. The van der Waals surface area contributed by atoms with Crippen molar-refractivity contribution >= 4 is 21.6 Å². The van der Waals surface area contributed by atoms with Crippen molar-refractivity contribution in [2.24, 2.45) is 11.7 Å². The third-order valence-electron chi connectivity index (χ3n) is 3.96. The second-order valence-electron chi connectivity index (χ2n) is 5.30. The summed E-state index contributed by atoms with van der Waals surface area (Å²) in [5.74, 6) is 0.764.